The predicted molar refractivity (Wildman–Crippen MR) is 80.9 cm³/mol. The quantitative estimate of drug-likeness (QED) is 0.854. The lowest BCUT2D eigenvalue weighted by Gasteiger charge is -2.33. The van der Waals surface area contributed by atoms with Crippen LogP contribution in [0.15, 0.2) is 18.2 Å². The first-order valence-corrected chi connectivity index (χ1v) is 7.63. The number of benzene rings is 1. The van der Waals surface area contributed by atoms with E-state index in [9.17, 15) is 0 Å². The van der Waals surface area contributed by atoms with Gasteiger partial charge in [-0.25, -0.2) is 0 Å². The van der Waals surface area contributed by atoms with Gasteiger partial charge in [-0.3, -0.25) is 0 Å². The van der Waals surface area contributed by atoms with Crippen LogP contribution in [0, 0.1) is 0 Å². The van der Waals surface area contributed by atoms with Gasteiger partial charge >= 0.3 is 0 Å². The van der Waals surface area contributed by atoms with Crippen LogP contribution in [0.5, 0.6) is 11.5 Å². The smallest absolute Gasteiger partial charge is 0.163 e. The molecule has 0 aliphatic carbocycles. The Kier molecular flexibility index (Phi) is 4.01. The van der Waals surface area contributed by atoms with Gasteiger partial charge in [-0.05, 0) is 38.8 Å². The van der Waals surface area contributed by atoms with E-state index in [0.29, 0.717) is 25.3 Å². The van der Waals surface area contributed by atoms with Crippen molar-refractivity contribution in [3.8, 4) is 11.5 Å². The summed E-state index contributed by atoms with van der Waals surface area (Å²) in [4.78, 5) is 2.46. The number of anilines is 1. The molecule has 110 valence electrons. The van der Waals surface area contributed by atoms with Gasteiger partial charge in [0.05, 0.1) is 0 Å². The molecular formula is C16H24N2O2. The summed E-state index contributed by atoms with van der Waals surface area (Å²) in [6.07, 6.45) is 2.33. The first kappa shape index (κ1) is 13.6. The summed E-state index contributed by atoms with van der Waals surface area (Å²) in [5, 5.41) is 3.63. The number of ether oxygens (including phenoxy) is 2. The maximum Gasteiger partial charge on any atom is 0.163 e. The SMILES string of the molecule is CC1CCN(c2ccc3c(c2)OCCO3)CCC(C)N1. The normalized spacial score (nSPS) is 26.8. The number of nitrogens with zero attached hydrogens (tertiary/aromatic N) is 1. The first-order chi connectivity index (χ1) is 9.72. The van der Waals surface area contributed by atoms with E-state index in [2.05, 4.69) is 36.2 Å². The molecule has 4 nitrogen and oxygen atoms in total. The Balaban J connectivity index is 1.76. The third-order valence-corrected chi connectivity index (χ3v) is 4.12. The Hall–Kier alpha value is -1.42. The third kappa shape index (κ3) is 3.01. The van der Waals surface area contributed by atoms with Crippen LogP contribution in [0.2, 0.25) is 0 Å². The summed E-state index contributed by atoms with van der Waals surface area (Å²) in [6, 6.07) is 7.46. The Morgan fingerprint density at radius 2 is 1.65 bits per heavy atom. The van der Waals surface area contributed by atoms with Gasteiger partial charge in [0.1, 0.15) is 13.2 Å². The van der Waals surface area contributed by atoms with Gasteiger partial charge in [-0.15, -0.1) is 0 Å². The van der Waals surface area contributed by atoms with Gasteiger partial charge < -0.3 is 19.7 Å². The first-order valence-electron chi connectivity index (χ1n) is 7.63. The third-order valence-electron chi connectivity index (χ3n) is 4.12. The van der Waals surface area contributed by atoms with Gasteiger partial charge in [-0.1, -0.05) is 0 Å². The zero-order valence-corrected chi connectivity index (χ0v) is 12.4. The summed E-state index contributed by atoms with van der Waals surface area (Å²) in [5.74, 6) is 1.76. The molecule has 0 aromatic heterocycles. The van der Waals surface area contributed by atoms with E-state index in [1.54, 1.807) is 0 Å². The van der Waals surface area contributed by atoms with Crippen molar-refractivity contribution in [2.45, 2.75) is 38.8 Å². The molecule has 0 bridgehead atoms. The number of fused-ring (bicyclic) bond motifs is 1. The average Bonchev–Trinajstić information content (AvgIpc) is 2.45. The van der Waals surface area contributed by atoms with Crippen molar-refractivity contribution >= 4 is 5.69 Å². The predicted octanol–water partition coefficient (Wildman–Crippen LogP) is 2.42. The fourth-order valence-corrected chi connectivity index (χ4v) is 2.95. The molecule has 1 saturated heterocycles. The van der Waals surface area contributed by atoms with E-state index in [1.807, 2.05) is 6.07 Å². The van der Waals surface area contributed by atoms with E-state index < -0.39 is 0 Å². The molecule has 0 amide bonds. The fraction of sp³-hybridized carbons (Fsp3) is 0.625. The van der Waals surface area contributed by atoms with Crippen molar-refractivity contribution in [2.75, 3.05) is 31.2 Å². The van der Waals surface area contributed by atoms with Crippen LogP contribution in [0.1, 0.15) is 26.7 Å². The zero-order valence-electron chi connectivity index (χ0n) is 12.4. The minimum atomic E-state index is 0.574. The van der Waals surface area contributed by atoms with Crippen LogP contribution < -0.4 is 19.7 Å². The maximum absolute atomic E-state index is 5.69. The van der Waals surface area contributed by atoms with Gasteiger partial charge in [0, 0.05) is 36.9 Å². The molecule has 1 aromatic rings. The highest BCUT2D eigenvalue weighted by Gasteiger charge is 2.18. The molecule has 0 saturated carbocycles. The molecule has 2 aliphatic rings. The second kappa shape index (κ2) is 5.92. The lowest BCUT2D eigenvalue weighted by molar-refractivity contribution is 0.171. The lowest BCUT2D eigenvalue weighted by atomic mass is 10.1. The minimum absolute atomic E-state index is 0.574. The van der Waals surface area contributed by atoms with Crippen molar-refractivity contribution < 1.29 is 9.47 Å². The molecule has 0 spiro atoms. The highest BCUT2D eigenvalue weighted by Crippen LogP contribution is 2.34. The molecule has 3 rings (SSSR count). The zero-order chi connectivity index (χ0) is 13.9. The molecule has 1 N–H and O–H groups in total. The van der Waals surface area contributed by atoms with Crippen LogP contribution >= 0.6 is 0 Å². The van der Waals surface area contributed by atoms with Crippen LogP contribution in [0.3, 0.4) is 0 Å². The fourth-order valence-electron chi connectivity index (χ4n) is 2.95. The van der Waals surface area contributed by atoms with Gasteiger partial charge in [0.15, 0.2) is 11.5 Å². The Labute approximate surface area is 121 Å². The topological polar surface area (TPSA) is 33.7 Å². The van der Waals surface area contributed by atoms with Crippen molar-refractivity contribution in [2.24, 2.45) is 0 Å². The van der Waals surface area contributed by atoms with E-state index in [1.165, 1.54) is 18.5 Å². The van der Waals surface area contributed by atoms with E-state index in [4.69, 9.17) is 9.47 Å². The molecule has 1 aromatic carbocycles. The highest BCUT2D eigenvalue weighted by atomic mass is 16.6. The van der Waals surface area contributed by atoms with Crippen LogP contribution in [-0.2, 0) is 0 Å². The molecule has 1 fully saturated rings. The summed E-state index contributed by atoms with van der Waals surface area (Å²) in [7, 11) is 0. The highest BCUT2D eigenvalue weighted by molar-refractivity contribution is 5.56. The van der Waals surface area contributed by atoms with E-state index >= 15 is 0 Å². The summed E-state index contributed by atoms with van der Waals surface area (Å²) in [5.41, 5.74) is 1.25. The maximum atomic E-state index is 5.69. The second-order valence-corrected chi connectivity index (χ2v) is 5.86. The van der Waals surface area contributed by atoms with Gasteiger partial charge in [0.25, 0.3) is 0 Å². The monoisotopic (exact) mass is 276 g/mol. The minimum Gasteiger partial charge on any atom is -0.486 e. The number of hydrogen-bond donors (Lipinski definition) is 1. The molecule has 4 heteroatoms. The van der Waals surface area contributed by atoms with Crippen molar-refractivity contribution in [3.05, 3.63) is 18.2 Å². The van der Waals surface area contributed by atoms with Gasteiger partial charge in [0.2, 0.25) is 0 Å². The number of nitrogens with one attached hydrogen (secondary N) is 1. The van der Waals surface area contributed by atoms with E-state index in [0.717, 1.165) is 24.6 Å². The molecule has 2 aliphatic heterocycles. The van der Waals surface area contributed by atoms with Crippen LogP contribution in [0.4, 0.5) is 5.69 Å². The summed E-state index contributed by atoms with van der Waals surface area (Å²) < 4.78 is 11.3. The van der Waals surface area contributed by atoms with Crippen LogP contribution in [0.25, 0.3) is 0 Å². The molecule has 20 heavy (non-hydrogen) atoms. The summed E-state index contributed by atoms with van der Waals surface area (Å²) in [6.45, 7) is 8.00. The standard InChI is InChI=1S/C16H24N2O2/c1-12-5-7-18(8-6-13(2)17-12)14-3-4-15-16(11-14)20-10-9-19-15/h3-4,11-13,17H,5-10H2,1-2H3. The molecule has 2 unspecified atom stereocenters. The van der Waals surface area contributed by atoms with Gasteiger partial charge in [-0.2, -0.15) is 0 Å². The Morgan fingerprint density at radius 3 is 2.35 bits per heavy atom. The Morgan fingerprint density at radius 1 is 1.00 bits per heavy atom. The van der Waals surface area contributed by atoms with Crippen molar-refractivity contribution in [1.29, 1.82) is 0 Å². The largest absolute Gasteiger partial charge is 0.486 e. The molecular weight excluding hydrogens is 252 g/mol. The van der Waals surface area contributed by atoms with Crippen molar-refractivity contribution in [1.82, 2.24) is 5.32 Å². The number of hydrogen-bond acceptors (Lipinski definition) is 4. The Bertz CT molecular complexity index is 452. The second-order valence-electron chi connectivity index (χ2n) is 5.86. The van der Waals surface area contributed by atoms with E-state index in [-0.39, 0.29) is 0 Å². The summed E-state index contributed by atoms with van der Waals surface area (Å²) >= 11 is 0. The molecule has 2 atom stereocenters. The van der Waals surface area contributed by atoms with Crippen molar-refractivity contribution in [3.63, 3.8) is 0 Å². The van der Waals surface area contributed by atoms with Crippen LogP contribution in [-0.4, -0.2) is 38.4 Å². The molecule has 0 radical (unpaired) electrons. The lowest BCUT2D eigenvalue weighted by Crippen LogP contribution is -2.43. The molecule has 2 heterocycles. The average molecular weight is 276 g/mol. The number of rotatable bonds is 1.